The lowest BCUT2D eigenvalue weighted by atomic mass is 9.81. The first-order valence-electron chi connectivity index (χ1n) is 9.68. The molecule has 0 spiro atoms. The van der Waals surface area contributed by atoms with Crippen LogP contribution in [0.25, 0.3) is 6.08 Å². The Morgan fingerprint density at radius 1 is 1.39 bits per heavy atom. The van der Waals surface area contributed by atoms with Gasteiger partial charge in [-0.15, -0.1) is 0 Å². The zero-order valence-corrected chi connectivity index (χ0v) is 16.3. The molecule has 0 aromatic heterocycles. The number of cyclic esters (lactones) is 1. The molecule has 0 saturated heterocycles. The van der Waals surface area contributed by atoms with Gasteiger partial charge in [0, 0.05) is 12.6 Å². The zero-order valence-electron chi connectivity index (χ0n) is 16.3. The fourth-order valence-electron chi connectivity index (χ4n) is 4.46. The topological polar surface area (TPSA) is 75.6 Å². The third-order valence-corrected chi connectivity index (χ3v) is 5.85. The monoisotopic (exact) mass is 387 g/mol. The minimum Gasteiger partial charge on any atom is -0.481 e. The lowest BCUT2D eigenvalue weighted by molar-refractivity contribution is -0.137. The van der Waals surface area contributed by atoms with Crippen LogP contribution in [0, 0.1) is 12.8 Å². The van der Waals surface area contributed by atoms with Gasteiger partial charge in [-0.05, 0) is 61.3 Å². The third-order valence-electron chi connectivity index (χ3n) is 5.85. The Morgan fingerprint density at radius 2 is 2.18 bits per heavy atom. The van der Waals surface area contributed by atoms with Crippen LogP contribution in [0.4, 0.5) is 10.1 Å². The number of anilines is 1. The van der Waals surface area contributed by atoms with Gasteiger partial charge in [0.1, 0.15) is 6.61 Å². The summed E-state index contributed by atoms with van der Waals surface area (Å²) in [6.07, 6.45) is 8.49. The van der Waals surface area contributed by atoms with E-state index in [9.17, 15) is 19.1 Å². The SMILES string of the molecule is CNc1c(CC=C2CCCCC2CC(=O)O)c(/C=C/F)c(C)c2c1C(=O)OC2. The largest absolute Gasteiger partial charge is 0.481 e. The number of hydrogen-bond donors (Lipinski definition) is 2. The Bertz CT molecular complexity index is 857. The minimum absolute atomic E-state index is 0.0462. The van der Waals surface area contributed by atoms with Crippen molar-refractivity contribution in [1.82, 2.24) is 0 Å². The maximum absolute atomic E-state index is 13.1. The van der Waals surface area contributed by atoms with E-state index in [0.29, 0.717) is 24.0 Å². The highest BCUT2D eigenvalue weighted by molar-refractivity contribution is 6.01. The molecule has 1 aliphatic heterocycles. The molecule has 0 amide bonds. The number of hydrogen-bond acceptors (Lipinski definition) is 4. The van der Waals surface area contributed by atoms with E-state index in [-0.39, 0.29) is 24.9 Å². The molecule has 6 heteroatoms. The van der Waals surface area contributed by atoms with Gasteiger partial charge in [0.2, 0.25) is 0 Å². The summed E-state index contributed by atoms with van der Waals surface area (Å²) in [7, 11) is 1.74. The van der Waals surface area contributed by atoms with E-state index in [0.717, 1.165) is 53.5 Å². The number of carboxylic acid groups (broad SMARTS) is 1. The number of aliphatic carboxylic acids is 1. The van der Waals surface area contributed by atoms with E-state index >= 15 is 0 Å². The lowest BCUT2D eigenvalue weighted by Crippen LogP contribution is -2.15. The van der Waals surface area contributed by atoms with Gasteiger partial charge in [-0.3, -0.25) is 4.79 Å². The second kappa shape index (κ2) is 8.59. The Labute approximate surface area is 164 Å². The molecule has 1 atom stereocenters. The van der Waals surface area contributed by atoms with Crippen molar-refractivity contribution in [3.05, 3.63) is 45.8 Å². The third kappa shape index (κ3) is 3.81. The molecule has 1 saturated carbocycles. The van der Waals surface area contributed by atoms with Crippen molar-refractivity contribution in [2.45, 2.75) is 52.1 Å². The highest BCUT2D eigenvalue weighted by atomic mass is 19.1. The van der Waals surface area contributed by atoms with Crippen LogP contribution in [0.1, 0.15) is 64.7 Å². The molecule has 1 fully saturated rings. The van der Waals surface area contributed by atoms with E-state index in [1.165, 1.54) is 6.08 Å². The highest BCUT2D eigenvalue weighted by Gasteiger charge is 2.30. The number of carboxylic acids is 1. The fraction of sp³-hybridized carbons (Fsp3) is 0.455. The number of halogens is 1. The molecule has 5 nitrogen and oxygen atoms in total. The minimum atomic E-state index is -0.786. The lowest BCUT2D eigenvalue weighted by Gasteiger charge is -2.25. The van der Waals surface area contributed by atoms with Crippen molar-refractivity contribution in [3.63, 3.8) is 0 Å². The molecule has 28 heavy (non-hydrogen) atoms. The molecule has 3 rings (SSSR count). The van der Waals surface area contributed by atoms with E-state index in [1.54, 1.807) is 7.05 Å². The van der Waals surface area contributed by atoms with Crippen LogP contribution in [0.5, 0.6) is 0 Å². The molecule has 1 aromatic rings. The number of carbonyl (C=O) groups is 2. The average Bonchev–Trinajstić information content (AvgIpc) is 3.05. The van der Waals surface area contributed by atoms with Crippen LogP contribution < -0.4 is 5.32 Å². The molecule has 0 radical (unpaired) electrons. The molecule has 150 valence electrons. The second-order valence-electron chi connectivity index (χ2n) is 7.39. The quantitative estimate of drug-likeness (QED) is 0.543. The summed E-state index contributed by atoms with van der Waals surface area (Å²) in [6.45, 7) is 2.07. The Balaban J connectivity index is 2.05. The van der Waals surface area contributed by atoms with Crippen molar-refractivity contribution in [2.75, 3.05) is 12.4 Å². The Kier molecular flexibility index (Phi) is 6.17. The smallest absolute Gasteiger partial charge is 0.341 e. The van der Waals surface area contributed by atoms with Crippen molar-refractivity contribution in [3.8, 4) is 0 Å². The van der Waals surface area contributed by atoms with Crippen LogP contribution in [0.2, 0.25) is 0 Å². The first-order chi connectivity index (χ1) is 13.5. The predicted octanol–water partition coefficient (Wildman–Crippen LogP) is 4.78. The summed E-state index contributed by atoms with van der Waals surface area (Å²) < 4.78 is 18.3. The van der Waals surface area contributed by atoms with Crippen LogP contribution in [-0.2, 0) is 22.6 Å². The number of rotatable bonds is 6. The summed E-state index contributed by atoms with van der Waals surface area (Å²) in [5.74, 6) is -1.11. The molecule has 1 aromatic carbocycles. The standard InChI is InChI=1S/C22H26FNO4/c1-13-16(9-10-23)17(21(24-2)20-18(13)12-28-22(20)27)8-7-14-5-3-4-6-15(14)11-19(25)26/h7,9-10,15,24H,3-6,8,11-12H2,1-2H3,(H,25,26)/b10-9+,14-7?. The summed E-state index contributed by atoms with van der Waals surface area (Å²) in [4.78, 5) is 23.5. The molecular weight excluding hydrogens is 361 g/mol. The van der Waals surface area contributed by atoms with E-state index in [4.69, 9.17) is 4.74 Å². The first-order valence-corrected chi connectivity index (χ1v) is 9.68. The molecule has 1 heterocycles. The number of esters is 1. The number of ether oxygens (including phenoxy) is 1. The number of nitrogens with one attached hydrogen (secondary N) is 1. The van der Waals surface area contributed by atoms with E-state index < -0.39 is 5.97 Å². The van der Waals surface area contributed by atoms with Crippen LogP contribution in [0.15, 0.2) is 18.0 Å². The molecule has 1 aliphatic carbocycles. The van der Waals surface area contributed by atoms with Crippen molar-refractivity contribution < 1.29 is 23.8 Å². The van der Waals surface area contributed by atoms with Gasteiger partial charge in [-0.2, -0.15) is 0 Å². The zero-order chi connectivity index (χ0) is 20.3. The average molecular weight is 387 g/mol. The Morgan fingerprint density at radius 3 is 2.86 bits per heavy atom. The van der Waals surface area contributed by atoms with Crippen molar-refractivity contribution in [2.24, 2.45) is 5.92 Å². The molecular formula is C22H26FNO4. The number of benzene rings is 1. The molecule has 1 unspecified atom stereocenters. The predicted molar refractivity (Wildman–Crippen MR) is 106 cm³/mol. The van der Waals surface area contributed by atoms with Gasteiger partial charge < -0.3 is 15.2 Å². The van der Waals surface area contributed by atoms with Gasteiger partial charge >= 0.3 is 11.9 Å². The first kappa shape index (κ1) is 20.1. The molecule has 2 aliphatic rings. The van der Waals surface area contributed by atoms with Crippen molar-refractivity contribution in [1.29, 1.82) is 0 Å². The molecule has 2 N–H and O–H groups in total. The van der Waals surface area contributed by atoms with Crippen LogP contribution >= 0.6 is 0 Å². The van der Waals surface area contributed by atoms with Gasteiger partial charge in [-0.25, -0.2) is 9.18 Å². The van der Waals surface area contributed by atoms with Gasteiger partial charge in [0.05, 0.1) is 24.0 Å². The summed E-state index contributed by atoms with van der Waals surface area (Å²) in [5, 5.41) is 12.3. The highest BCUT2D eigenvalue weighted by Crippen LogP contribution is 2.39. The van der Waals surface area contributed by atoms with Gasteiger partial charge in [0.15, 0.2) is 0 Å². The van der Waals surface area contributed by atoms with Crippen LogP contribution in [0.3, 0.4) is 0 Å². The summed E-state index contributed by atoms with van der Waals surface area (Å²) in [6, 6.07) is 0. The summed E-state index contributed by atoms with van der Waals surface area (Å²) >= 11 is 0. The fourth-order valence-corrected chi connectivity index (χ4v) is 4.46. The number of fused-ring (bicyclic) bond motifs is 1. The van der Waals surface area contributed by atoms with E-state index in [1.807, 2.05) is 6.92 Å². The number of allylic oxidation sites excluding steroid dienone is 2. The van der Waals surface area contributed by atoms with Gasteiger partial charge in [-0.1, -0.05) is 18.1 Å². The van der Waals surface area contributed by atoms with Crippen LogP contribution in [-0.4, -0.2) is 24.1 Å². The number of carbonyl (C=O) groups excluding carboxylic acids is 1. The van der Waals surface area contributed by atoms with E-state index in [2.05, 4.69) is 11.4 Å². The second-order valence-corrected chi connectivity index (χ2v) is 7.39. The summed E-state index contributed by atoms with van der Waals surface area (Å²) in [5.41, 5.74) is 5.54. The Hall–Kier alpha value is -2.63. The maximum atomic E-state index is 13.1. The maximum Gasteiger partial charge on any atom is 0.341 e. The van der Waals surface area contributed by atoms with Crippen molar-refractivity contribution >= 4 is 23.7 Å². The van der Waals surface area contributed by atoms with Gasteiger partial charge in [0.25, 0.3) is 0 Å². The molecule has 0 bridgehead atoms. The normalized spacial score (nSPS) is 20.5.